The van der Waals surface area contributed by atoms with Gasteiger partial charge in [0.1, 0.15) is 17.3 Å². The minimum absolute atomic E-state index is 0.00512. The number of hydrogen-bond donors (Lipinski definition) is 2. The van der Waals surface area contributed by atoms with Crippen molar-refractivity contribution in [3.05, 3.63) is 66.0 Å². The number of alkyl halides is 1. The molecule has 10 heteroatoms. The zero-order valence-corrected chi connectivity index (χ0v) is 20.3. The minimum atomic E-state index is -1.44. The third kappa shape index (κ3) is 5.08. The summed E-state index contributed by atoms with van der Waals surface area (Å²) in [5.74, 6) is -1.10. The zero-order chi connectivity index (χ0) is 26.0. The number of aromatic nitrogens is 3. The summed E-state index contributed by atoms with van der Waals surface area (Å²) in [5.41, 5.74) is 7.10. The van der Waals surface area contributed by atoms with Gasteiger partial charge in [-0.3, -0.25) is 24.2 Å². The summed E-state index contributed by atoms with van der Waals surface area (Å²) in [7, 11) is 0. The first-order valence-electron chi connectivity index (χ1n) is 12.3. The van der Waals surface area contributed by atoms with Gasteiger partial charge in [0, 0.05) is 43.5 Å². The molecule has 1 aromatic carbocycles. The van der Waals surface area contributed by atoms with Gasteiger partial charge in [0.25, 0.3) is 5.91 Å². The van der Waals surface area contributed by atoms with E-state index in [0.717, 1.165) is 29.7 Å². The quantitative estimate of drug-likeness (QED) is 0.487. The number of piperidine rings is 1. The maximum Gasteiger partial charge on any atom is 0.254 e. The number of nitrogens with zero attached hydrogens (tertiary/aromatic N) is 5. The fourth-order valence-corrected chi connectivity index (χ4v) is 4.81. The van der Waals surface area contributed by atoms with E-state index in [1.807, 2.05) is 47.4 Å². The smallest absolute Gasteiger partial charge is 0.254 e. The van der Waals surface area contributed by atoms with E-state index in [4.69, 9.17) is 5.73 Å². The van der Waals surface area contributed by atoms with Gasteiger partial charge < -0.3 is 11.1 Å². The lowest BCUT2D eigenvalue weighted by atomic mass is 9.83. The van der Waals surface area contributed by atoms with E-state index in [1.54, 1.807) is 6.20 Å². The van der Waals surface area contributed by atoms with Crippen LogP contribution in [0.5, 0.6) is 0 Å². The van der Waals surface area contributed by atoms with Gasteiger partial charge in [0.15, 0.2) is 5.82 Å². The molecular formula is C27H28FN7O2. The van der Waals surface area contributed by atoms with Gasteiger partial charge in [0.2, 0.25) is 5.91 Å². The van der Waals surface area contributed by atoms with E-state index >= 15 is 4.39 Å². The van der Waals surface area contributed by atoms with Crippen molar-refractivity contribution in [3.63, 3.8) is 0 Å². The number of carbonyl (C=O) groups is 2. The van der Waals surface area contributed by atoms with Crippen LogP contribution in [0.25, 0.3) is 11.3 Å². The molecule has 2 aromatic heterocycles. The first-order valence-corrected chi connectivity index (χ1v) is 12.3. The number of nitriles is 1. The van der Waals surface area contributed by atoms with E-state index in [0.29, 0.717) is 19.5 Å². The topological polar surface area (TPSA) is 130 Å². The highest BCUT2D eigenvalue weighted by Crippen LogP contribution is 2.37. The Morgan fingerprint density at radius 1 is 1.22 bits per heavy atom. The normalized spacial score (nSPS) is 21.8. The maximum atomic E-state index is 15.9. The molecule has 9 nitrogen and oxygen atoms in total. The van der Waals surface area contributed by atoms with E-state index in [1.165, 1.54) is 10.9 Å². The molecule has 2 atom stereocenters. The Morgan fingerprint density at radius 2 is 2.00 bits per heavy atom. The standard InChI is InChI=1S/C27H28FN7O2/c28-23-17-34(15-18-6-9-22(31-14-18)19-4-2-1-3-5-19)13-11-27(23,10-12-29)35-16-21(24(30)36)25(33-35)32-26(37)20-7-8-20/h1-6,9,14,16,20,23H,7-8,10-11,13,15,17H2,(H2,30,36)(H,32,33,37). The highest BCUT2D eigenvalue weighted by molar-refractivity contribution is 6.02. The van der Waals surface area contributed by atoms with E-state index < -0.39 is 17.6 Å². The second-order valence-corrected chi connectivity index (χ2v) is 9.77. The van der Waals surface area contributed by atoms with E-state index in [-0.39, 0.29) is 36.2 Å². The van der Waals surface area contributed by atoms with Crippen LogP contribution in [0.4, 0.5) is 10.2 Å². The molecule has 37 heavy (non-hydrogen) atoms. The van der Waals surface area contributed by atoms with Gasteiger partial charge in [0.05, 0.1) is 18.2 Å². The summed E-state index contributed by atoms with van der Waals surface area (Å²) in [6, 6.07) is 15.9. The Kier molecular flexibility index (Phi) is 6.72. The fraction of sp³-hybridized carbons (Fsp3) is 0.370. The summed E-state index contributed by atoms with van der Waals surface area (Å²) >= 11 is 0. The van der Waals surface area contributed by atoms with Crippen molar-refractivity contribution >= 4 is 17.6 Å². The average molecular weight is 502 g/mol. The number of pyridine rings is 1. The summed E-state index contributed by atoms with van der Waals surface area (Å²) in [6.45, 7) is 1.11. The van der Waals surface area contributed by atoms with Crippen molar-refractivity contribution in [2.45, 2.75) is 43.9 Å². The Balaban J connectivity index is 1.32. The average Bonchev–Trinajstić information content (AvgIpc) is 3.67. The van der Waals surface area contributed by atoms with Gasteiger partial charge in [-0.2, -0.15) is 10.4 Å². The van der Waals surface area contributed by atoms with Gasteiger partial charge >= 0.3 is 0 Å². The molecule has 2 fully saturated rings. The number of hydrogen-bond acceptors (Lipinski definition) is 6. The van der Waals surface area contributed by atoms with Gasteiger partial charge in [-0.15, -0.1) is 0 Å². The third-order valence-electron chi connectivity index (χ3n) is 7.17. The summed E-state index contributed by atoms with van der Waals surface area (Å²) in [5, 5.41) is 16.6. The molecule has 2 unspecified atom stereocenters. The highest BCUT2D eigenvalue weighted by Gasteiger charge is 2.47. The number of nitrogens with one attached hydrogen (secondary N) is 1. The largest absolute Gasteiger partial charge is 0.365 e. The van der Waals surface area contributed by atoms with E-state index in [9.17, 15) is 14.9 Å². The molecule has 1 saturated heterocycles. The number of halogens is 1. The Bertz CT molecular complexity index is 1330. The van der Waals surface area contributed by atoms with Crippen molar-refractivity contribution in [1.29, 1.82) is 5.26 Å². The molecule has 0 bridgehead atoms. The lowest BCUT2D eigenvalue weighted by Gasteiger charge is -2.43. The SMILES string of the molecule is N#CCC1(n2cc(C(N)=O)c(NC(=O)C3CC3)n2)CCN(Cc2ccc(-c3ccccc3)nc2)CC1F. The maximum absolute atomic E-state index is 15.9. The lowest BCUT2D eigenvalue weighted by molar-refractivity contribution is -0.117. The van der Waals surface area contributed by atoms with Crippen LogP contribution in [-0.4, -0.2) is 50.7 Å². The first-order chi connectivity index (χ1) is 17.9. The van der Waals surface area contributed by atoms with Crippen LogP contribution >= 0.6 is 0 Å². The molecule has 2 aliphatic rings. The van der Waals surface area contributed by atoms with Gasteiger partial charge in [-0.05, 0) is 30.9 Å². The monoisotopic (exact) mass is 501 g/mol. The number of amides is 2. The van der Waals surface area contributed by atoms with Crippen LogP contribution in [0.1, 0.15) is 41.6 Å². The number of likely N-dealkylation sites (tertiary alicyclic amines) is 1. The molecule has 2 amide bonds. The predicted molar refractivity (Wildman–Crippen MR) is 135 cm³/mol. The fourth-order valence-electron chi connectivity index (χ4n) is 4.81. The van der Waals surface area contributed by atoms with E-state index in [2.05, 4.69) is 21.5 Å². The Labute approximate surface area is 214 Å². The highest BCUT2D eigenvalue weighted by atomic mass is 19.1. The molecule has 1 saturated carbocycles. The Hall–Kier alpha value is -4.10. The number of primary amides is 1. The number of nitrogens with two attached hydrogens (primary N) is 1. The molecule has 1 aliphatic carbocycles. The lowest BCUT2D eigenvalue weighted by Crippen LogP contribution is -2.54. The summed E-state index contributed by atoms with van der Waals surface area (Å²) in [6.07, 6.45) is 3.45. The van der Waals surface area contributed by atoms with Crippen molar-refractivity contribution in [1.82, 2.24) is 19.7 Å². The number of rotatable bonds is 8. The molecule has 1 aliphatic heterocycles. The van der Waals surface area contributed by atoms with Crippen LogP contribution in [-0.2, 0) is 16.9 Å². The van der Waals surface area contributed by atoms with Crippen LogP contribution in [0, 0.1) is 17.2 Å². The molecule has 190 valence electrons. The second-order valence-electron chi connectivity index (χ2n) is 9.77. The van der Waals surface area contributed by atoms with Crippen LogP contribution in [0.15, 0.2) is 54.9 Å². The number of carbonyl (C=O) groups excluding carboxylic acids is 2. The minimum Gasteiger partial charge on any atom is -0.365 e. The zero-order valence-electron chi connectivity index (χ0n) is 20.3. The predicted octanol–water partition coefficient (Wildman–Crippen LogP) is 3.25. The Morgan fingerprint density at radius 3 is 2.62 bits per heavy atom. The van der Waals surface area contributed by atoms with Gasteiger partial charge in [-0.25, -0.2) is 4.39 Å². The van der Waals surface area contributed by atoms with Crippen LogP contribution in [0.2, 0.25) is 0 Å². The van der Waals surface area contributed by atoms with Crippen LogP contribution in [0.3, 0.4) is 0 Å². The first kappa shape index (κ1) is 24.6. The summed E-state index contributed by atoms with van der Waals surface area (Å²) < 4.78 is 17.2. The summed E-state index contributed by atoms with van der Waals surface area (Å²) in [4.78, 5) is 30.8. The third-order valence-corrected chi connectivity index (χ3v) is 7.17. The number of anilines is 1. The van der Waals surface area contributed by atoms with Crippen molar-refractivity contribution in [2.75, 3.05) is 18.4 Å². The van der Waals surface area contributed by atoms with Crippen molar-refractivity contribution < 1.29 is 14.0 Å². The van der Waals surface area contributed by atoms with Crippen molar-refractivity contribution in [2.24, 2.45) is 11.7 Å². The molecule has 0 spiro atoms. The molecule has 0 radical (unpaired) electrons. The molecule has 3 heterocycles. The molecule has 3 N–H and O–H groups in total. The van der Waals surface area contributed by atoms with Crippen molar-refractivity contribution in [3.8, 4) is 17.3 Å². The van der Waals surface area contributed by atoms with Gasteiger partial charge in [-0.1, -0.05) is 36.4 Å². The molecule has 3 aromatic rings. The number of benzene rings is 1. The molecule has 5 rings (SSSR count). The van der Waals surface area contributed by atoms with Crippen LogP contribution < -0.4 is 11.1 Å². The second kappa shape index (κ2) is 10.1. The molecular weight excluding hydrogens is 473 g/mol.